The Hall–Kier alpha value is -0.170. The fourth-order valence-corrected chi connectivity index (χ4v) is 1.84. The Labute approximate surface area is 141 Å². The summed E-state index contributed by atoms with van der Waals surface area (Å²) in [4.78, 5) is 0. The second kappa shape index (κ2) is 7.57. The van der Waals surface area contributed by atoms with E-state index in [1.807, 2.05) is 0 Å². The van der Waals surface area contributed by atoms with Crippen LogP contribution in [0.5, 0.6) is 0 Å². The molecule has 0 radical (unpaired) electrons. The van der Waals surface area contributed by atoms with Crippen LogP contribution in [0, 0.1) is 23.0 Å². The molecule has 0 aromatic carbocycles. The first-order valence-electron chi connectivity index (χ1n) is 6.77. The van der Waals surface area contributed by atoms with Gasteiger partial charge in [-0.25, -0.2) is 23.3 Å². The molecule has 0 N–H and O–H groups in total. The molecule has 0 saturated heterocycles. The predicted octanol–water partition coefficient (Wildman–Crippen LogP) is 5.67. The van der Waals surface area contributed by atoms with Gasteiger partial charge in [-0.1, -0.05) is 41.5 Å². The molecule has 0 unspecified atom stereocenters. The Kier molecular flexibility index (Phi) is 7.50. The van der Waals surface area contributed by atoms with Crippen LogP contribution >= 0.6 is 0 Å². The van der Waals surface area contributed by atoms with Crippen molar-refractivity contribution in [2.24, 2.45) is 10.8 Å². The molecule has 0 fully saturated rings. The largest absolute Gasteiger partial charge is 4.00 e. The SMILES string of the molecule is CC(C)(C)C1=[C-]CC=C1.CC(C)(C)C1=[C-]CC=C1.[H-].[H-].[Hf+4]. The summed E-state index contributed by atoms with van der Waals surface area (Å²) >= 11 is 0. The Balaban J connectivity index is -0.000000270. The van der Waals surface area contributed by atoms with Crippen molar-refractivity contribution in [2.75, 3.05) is 0 Å². The smallest absolute Gasteiger partial charge is 1.00 e. The van der Waals surface area contributed by atoms with Crippen molar-refractivity contribution in [3.05, 3.63) is 47.6 Å². The number of allylic oxidation sites excluding steroid dienone is 8. The maximum absolute atomic E-state index is 3.30. The average molecular weight is 423 g/mol. The molecule has 0 aromatic heterocycles. The maximum Gasteiger partial charge on any atom is 4.00 e. The molecule has 0 bridgehead atoms. The van der Waals surface area contributed by atoms with E-state index in [1.54, 1.807) is 0 Å². The summed E-state index contributed by atoms with van der Waals surface area (Å²) in [6, 6.07) is 0. The zero-order chi connectivity index (χ0) is 13.8. The summed E-state index contributed by atoms with van der Waals surface area (Å²) in [6.45, 7) is 13.3. The van der Waals surface area contributed by atoms with E-state index >= 15 is 0 Å². The summed E-state index contributed by atoms with van der Waals surface area (Å²) in [5.74, 6) is 0. The van der Waals surface area contributed by atoms with Gasteiger partial charge in [0.2, 0.25) is 0 Å². The molecule has 104 valence electrons. The summed E-state index contributed by atoms with van der Waals surface area (Å²) in [5.41, 5.74) is 3.30. The van der Waals surface area contributed by atoms with Crippen molar-refractivity contribution < 1.29 is 28.7 Å². The van der Waals surface area contributed by atoms with Crippen LogP contribution in [0.25, 0.3) is 0 Å². The Morgan fingerprint density at radius 2 is 1.11 bits per heavy atom. The third-order valence-electron chi connectivity index (χ3n) is 3.01. The second-order valence-corrected chi connectivity index (χ2v) is 6.89. The molecule has 0 atom stereocenters. The van der Waals surface area contributed by atoms with Gasteiger partial charge in [0.05, 0.1) is 0 Å². The van der Waals surface area contributed by atoms with Gasteiger partial charge in [0, 0.05) is 0 Å². The van der Waals surface area contributed by atoms with Crippen LogP contribution < -0.4 is 0 Å². The fraction of sp³-hybridized carbons (Fsp3) is 0.556. The second-order valence-electron chi connectivity index (χ2n) is 6.89. The molecule has 0 aliphatic heterocycles. The van der Waals surface area contributed by atoms with E-state index in [4.69, 9.17) is 0 Å². The molecule has 2 aliphatic carbocycles. The molecular weight excluding hydrogens is 395 g/mol. The average Bonchev–Trinajstić information content (AvgIpc) is 2.91. The topological polar surface area (TPSA) is 0 Å². The minimum atomic E-state index is 0. The molecule has 0 heterocycles. The van der Waals surface area contributed by atoms with Crippen molar-refractivity contribution in [3.8, 4) is 0 Å². The van der Waals surface area contributed by atoms with Crippen molar-refractivity contribution >= 4 is 0 Å². The van der Waals surface area contributed by atoms with Crippen molar-refractivity contribution in [2.45, 2.75) is 54.4 Å². The first kappa shape index (κ1) is 18.8. The molecule has 2 rings (SSSR count). The molecule has 0 spiro atoms. The monoisotopic (exact) mass is 424 g/mol. The summed E-state index contributed by atoms with van der Waals surface area (Å²) in [6.07, 6.45) is 17.3. The number of hydrogen-bond donors (Lipinski definition) is 0. The maximum atomic E-state index is 3.30. The molecule has 0 amide bonds. The van der Waals surface area contributed by atoms with E-state index in [0.717, 1.165) is 12.8 Å². The van der Waals surface area contributed by atoms with Crippen LogP contribution in [0.4, 0.5) is 0 Å². The van der Waals surface area contributed by atoms with E-state index in [9.17, 15) is 0 Å². The van der Waals surface area contributed by atoms with Gasteiger partial charge in [-0.3, -0.25) is 12.2 Å². The van der Waals surface area contributed by atoms with Gasteiger partial charge in [-0.2, -0.15) is 12.2 Å². The van der Waals surface area contributed by atoms with E-state index in [1.165, 1.54) is 11.1 Å². The summed E-state index contributed by atoms with van der Waals surface area (Å²) in [5, 5.41) is 0. The van der Waals surface area contributed by atoms with E-state index < -0.39 is 0 Å². The first-order chi connectivity index (χ1) is 8.21. The van der Waals surface area contributed by atoms with Gasteiger partial charge in [0.15, 0.2) is 0 Å². The minimum absolute atomic E-state index is 0. The van der Waals surface area contributed by atoms with Gasteiger partial charge in [-0.15, -0.1) is 12.8 Å². The molecule has 0 saturated carbocycles. The molecule has 2 aliphatic rings. The van der Waals surface area contributed by atoms with Crippen molar-refractivity contribution in [1.82, 2.24) is 0 Å². The van der Waals surface area contributed by atoms with Crippen LogP contribution in [-0.2, 0) is 25.8 Å². The van der Waals surface area contributed by atoms with Gasteiger partial charge < -0.3 is 2.85 Å². The van der Waals surface area contributed by atoms with Crippen LogP contribution in [-0.4, -0.2) is 0 Å². The van der Waals surface area contributed by atoms with Gasteiger partial charge in [0.1, 0.15) is 0 Å². The quantitative estimate of drug-likeness (QED) is 0.348. The van der Waals surface area contributed by atoms with Crippen LogP contribution in [0.2, 0.25) is 0 Å². The van der Waals surface area contributed by atoms with E-state index in [2.05, 4.69) is 78.0 Å². The predicted molar refractivity (Wildman–Crippen MR) is 82.2 cm³/mol. The van der Waals surface area contributed by atoms with Crippen LogP contribution in [0.3, 0.4) is 0 Å². The molecule has 0 aromatic rings. The van der Waals surface area contributed by atoms with Gasteiger partial charge in [-0.05, 0) is 10.8 Å². The normalized spacial score (nSPS) is 17.4. The molecule has 0 nitrogen and oxygen atoms in total. The van der Waals surface area contributed by atoms with Crippen LogP contribution in [0.15, 0.2) is 35.5 Å². The van der Waals surface area contributed by atoms with Crippen molar-refractivity contribution in [3.63, 3.8) is 0 Å². The third-order valence-corrected chi connectivity index (χ3v) is 3.01. The minimum Gasteiger partial charge on any atom is -1.00 e. The van der Waals surface area contributed by atoms with Crippen molar-refractivity contribution in [1.29, 1.82) is 0 Å². The summed E-state index contributed by atoms with van der Waals surface area (Å²) < 4.78 is 0. The standard InChI is InChI=1S/2C9H13.Hf.2H/c2*1-9(2,3)8-6-4-5-7-8;;;/h2*4,6H,5H2,1-3H3;;;/q2*-1;+4;2*-1. The Morgan fingerprint density at radius 1 is 0.789 bits per heavy atom. The third kappa shape index (κ3) is 6.70. The van der Waals surface area contributed by atoms with Gasteiger partial charge >= 0.3 is 25.8 Å². The van der Waals surface area contributed by atoms with Gasteiger partial charge in [0.25, 0.3) is 0 Å². The molecular formula is C18H28Hf. The number of rotatable bonds is 0. The van der Waals surface area contributed by atoms with E-state index in [-0.39, 0.29) is 28.7 Å². The number of hydrogen-bond acceptors (Lipinski definition) is 0. The Morgan fingerprint density at radius 3 is 1.21 bits per heavy atom. The van der Waals surface area contributed by atoms with Crippen LogP contribution in [0.1, 0.15) is 57.2 Å². The first-order valence-corrected chi connectivity index (χ1v) is 6.77. The van der Waals surface area contributed by atoms with E-state index in [0.29, 0.717) is 10.8 Å². The molecule has 1 heteroatoms. The summed E-state index contributed by atoms with van der Waals surface area (Å²) in [7, 11) is 0. The zero-order valence-corrected chi connectivity index (χ0v) is 16.8. The molecule has 19 heavy (non-hydrogen) atoms. The zero-order valence-electron chi connectivity index (χ0n) is 15.2. The fourth-order valence-electron chi connectivity index (χ4n) is 1.84. The Bertz CT molecular complexity index is 362.